The van der Waals surface area contributed by atoms with E-state index in [9.17, 15) is 0 Å². The highest BCUT2D eigenvalue weighted by atomic mass is 15.0. The summed E-state index contributed by atoms with van der Waals surface area (Å²) in [6.07, 6.45) is 0. The summed E-state index contributed by atoms with van der Waals surface area (Å²) in [6.45, 7) is 0. The van der Waals surface area contributed by atoms with Crippen LogP contribution in [0.25, 0.3) is 116 Å². The lowest BCUT2D eigenvalue weighted by Gasteiger charge is -2.17. The highest BCUT2D eigenvalue weighted by Crippen LogP contribution is 2.43. The standard InChI is InChI=1S/C57H36N4/c1-4-15-37(16-5-1)39-27-29-41(30-28-39)56-58-55(40-19-8-3-9-20-40)59-57(60-56)43-32-33-45-49-24-14-26-52(54(49)48-23-11-10-21-44(48)50(45)35-43)61-51-25-13-12-22-46(51)47-34-31-42(36-53(47)61)38-17-6-2-7-18-38/h1-36H. The Kier molecular flexibility index (Phi) is 8.13. The fourth-order valence-electron chi connectivity index (χ4n) is 9.14. The molecule has 0 aliphatic carbocycles. The average Bonchev–Trinajstić information content (AvgIpc) is 3.68. The summed E-state index contributed by atoms with van der Waals surface area (Å²) < 4.78 is 2.47. The van der Waals surface area contributed by atoms with Crippen LogP contribution in [0, 0.1) is 0 Å². The summed E-state index contributed by atoms with van der Waals surface area (Å²) in [5, 5.41) is 9.60. The third kappa shape index (κ3) is 5.88. The SMILES string of the molecule is c1ccc(-c2ccc(-c3nc(-c4ccccc4)nc(-c4ccc5c(c4)c4ccccc4c4c(-n6c7ccccc7c7ccc(-c8ccccc8)cc76)cccc54)n3)cc2)cc1. The van der Waals surface area contributed by atoms with Crippen molar-refractivity contribution in [2.24, 2.45) is 0 Å². The van der Waals surface area contributed by atoms with E-state index < -0.39 is 0 Å². The Hall–Kier alpha value is -8.21. The molecule has 2 aromatic heterocycles. The van der Waals surface area contributed by atoms with Crippen LogP contribution in [0.15, 0.2) is 218 Å². The van der Waals surface area contributed by atoms with Crippen molar-refractivity contribution in [2.75, 3.05) is 0 Å². The largest absolute Gasteiger partial charge is 0.309 e. The molecule has 0 fully saturated rings. The topological polar surface area (TPSA) is 43.6 Å². The van der Waals surface area contributed by atoms with E-state index >= 15 is 0 Å². The molecule has 0 saturated carbocycles. The van der Waals surface area contributed by atoms with Gasteiger partial charge in [-0.25, -0.2) is 15.0 Å². The maximum Gasteiger partial charge on any atom is 0.164 e. The molecule has 0 bridgehead atoms. The molecule has 0 saturated heterocycles. The van der Waals surface area contributed by atoms with Crippen molar-refractivity contribution in [1.29, 1.82) is 0 Å². The third-order valence-electron chi connectivity index (χ3n) is 12.0. The van der Waals surface area contributed by atoms with E-state index in [0.717, 1.165) is 33.3 Å². The van der Waals surface area contributed by atoms with Crippen LogP contribution in [-0.2, 0) is 0 Å². The van der Waals surface area contributed by atoms with Crippen molar-refractivity contribution in [1.82, 2.24) is 19.5 Å². The van der Waals surface area contributed by atoms with Gasteiger partial charge in [-0.15, -0.1) is 0 Å². The van der Waals surface area contributed by atoms with Crippen LogP contribution in [0.4, 0.5) is 0 Å². The van der Waals surface area contributed by atoms with Crippen LogP contribution < -0.4 is 0 Å². The Morgan fingerprint density at radius 2 is 0.672 bits per heavy atom. The second-order valence-corrected chi connectivity index (χ2v) is 15.6. The van der Waals surface area contributed by atoms with Gasteiger partial charge in [-0.3, -0.25) is 0 Å². The lowest BCUT2D eigenvalue weighted by Crippen LogP contribution is -2.00. The molecule has 4 nitrogen and oxygen atoms in total. The summed E-state index contributed by atoms with van der Waals surface area (Å²) in [6, 6.07) is 77.6. The summed E-state index contributed by atoms with van der Waals surface area (Å²) in [4.78, 5) is 15.3. The third-order valence-corrected chi connectivity index (χ3v) is 12.0. The number of rotatable bonds is 6. The molecule has 0 amide bonds. The number of fused-ring (bicyclic) bond motifs is 9. The summed E-state index contributed by atoms with van der Waals surface area (Å²) >= 11 is 0. The van der Waals surface area contributed by atoms with Gasteiger partial charge >= 0.3 is 0 Å². The molecule has 0 N–H and O–H groups in total. The Bertz CT molecular complexity index is 3580. The Morgan fingerprint density at radius 3 is 1.36 bits per heavy atom. The van der Waals surface area contributed by atoms with Crippen molar-refractivity contribution in [2.45, 2.75) is 0 Å². The maximum absolute atomic E-state index is 5.16. The van der Waals surface area contributed by atoms with Crippen molar-refractivity contribution in [3.8, 4) is 62.1 Å². The predicted octanol–water partition coefficient (Wildman–Crippen LogP) is 14.8. The van der Waals surface area contributed by atoms with Crippen molar-refractivity contribution in [3.05, 3.63) is 218 Å². The molecule has 2 heterocycles. The first kappa shape index (κ1) is 34.8. The summed E-state index contributed by atoms with van der Waals surface area (Å²) in [5.41, 5.74) is 11.1. The monoisotopic (exact) mass is 776 g/mol. The van der Waals surface area contributed by atoms with Crippen LogP contribution in [0.1, 0.15) is 0 Å². The second-order valence-electron chi connectivity index (χ2n) is 15.6. The quantitative estimate of drug-likeness (QED) is 0.158. The predicted molar refractivity (Wildman–Crippen MR) is 254 cm³/mol. The van der Waals surface area contributed by atoms with Crippen LogP contribution in [0.2, 0.25) is 0 Å². The molecular formula is C57H36N4. The minimum absolute atomic E-state index is 0.635. The van der Waals surface area contributed by atoms with Gasteiger partial charge in [0.25, 0.3) is 0 Å². The first-order valence-corrected chi connectivity index (χ1v) is 20.7. The van der Waals surface area contributed by atoms with Crippen LogP contribution >= 0.6 is 0 Å². The first-order valence-electron chi connectivity index (χ1n) is 20.7. The van der Waals surface area contributed by atoms with Gasteiger partial charge in [0.05, 0.1) is 16.7 Å². The van der Waals surface area contributed by atoms with E-state index in [4.69, 9.17) is 15.0 Å². The van der Waals surface area contributed by atoms with Crippen molar-refractivity contribution in [3.63, 3.8) is 0 Å². The lowest BCUT2D eigenvalue weighted by atomic mass is 9.92. The number of nitrogens with zero attached hydrogens (tertiary/aromatic N) is 4. The molecule has 12 rings (SSSR count). The highest BCUT2D eigenvalue weighted by Gasteiger charge is 2.20. The van der Waals surface area contributed by atoms with Gasteiger partial charge in [-0.2, -0.15) is 0 Å². The molecule has 12 aromatic rings. The minimum Gasteiger partial charge on any atom is -0.309 e. The van der Waals surface area contributed by atoms with E-state index in [0.29, 0.717) is 17.5 Å². The molecule has 0 aliphatic rings. The normalized spacial score (nSPS) is 11.6. The summed E-state index contributed by atoms with van der Waals surface area (Å²) in [7, 11) is 0. The molecule has 284 valence electrons. The van der Waals surface area contributed by atoms with Crippen molar-refractivity contribution >= 4 is 54.1 Å². The van der Waals surface area contributed by atoms with E-state index in [2.05, 4.69) is 199 Å². The number of hydrogen-bond acceptors (Lipinski definition) is 3. The molecule has 0 unspecified atom stereocenters. The second kappa shape index (κ2) is 14.3. The smallest absolute Gasteiger partial charge is 0.164 e. The summed E-state index contributed by atoms with van der Waals surface area (Å²) in [5.74, 6) is 1.91. The maximum atomic E-state index is 5.16. The Labute approximate surface area is 352 Å². The number of hydrogen-bond donors (Lipinski definition) is 0. The zero-order valence-corrected chi connectivity index (χ0v) is 33.1. The highest BCUT2D eigenvalue weighted by molar-refractivity contribution is 6.28. The van der Waals surface area contributed by atoms with Gasteiger partial charge in [0.1, 0.15) is 0 Å². The zero-order chi connectivity index (χ0) is 40.3. The molecular weight excluding hydrogens is 741 g/mol. The lowest BCUT2D eigenvalue weighted by molar-refractivity contribution is 1.07. The van der Waals surface area contributed by atoms with Gasteiger partial charge in [0.2, 0.25) is 0 Å². The molecule has 0 atom stereocenters. The number of para-hydroxylation sites is 1. The van der Waals surface area contributed by atoms with Gasteiger partial charge < -0.3 is 4.57 Å². The zero-order valence-electron chi connectivity index (χ0n) is 33.1. The molecule has 0 radical (unpaired) electrons. The van der Waals surface area contributed by atoms with Gasteiger partial charge in [-0.1, -0.05) is 194 Å². The van der Waals surface area contributed by atoms with E-state index in [1.165, 1.54) is 65.4 Å². The van der Waals surface area contributed by atoms with Gasteiger partial charge in [-0.05, 0) is 73.5 Å². The number of aromatic nitrogens is 4. The number of benzene rings is 10. The molecule has 0 spiro atoms. The average molecular weight is 777 g/mol. The van der Waals surface area contributed by atoms with E-state index in [1.54, 1.807) is 0 Å². The first-order chi connectivity index (χ1) is 30.2. The van der Waals surface area contributed by atoms with E-state index in [-0.39, 0.29) is 0 Å². The fourth-order valence-corrected chi connectivity index (χ4v) is 9.14. The van der Waals surface area contributed by atoms with E-state index in [1.807, 2.05) is 24.3 Å². The fraction of sp³-hybridized carbons (Fsp3) is 0. The van der Waals surface area contributed by atoms with Crippen LogP contribution in [0.5, 0.6) is 0 Å². The van der Waals surface area contributed by atoms with Crippen LogP contribution in [0.3, 0.4) is 0 Å². The minimum atomic E-state index is 0.635. The molecule has 4 heteroatoms. The van der Waals surface area contributed by atoms with Crippen LogP contribution in [-0.4, -0.2) is 19.5 Å². The Morgan fingerprint density at radius 1 is 0.246 bits per heavy atom. The Balaban J connectivity index is 1.06. The molecule has 61 heavy (non-hydrogen) atoms. The van der Waals surface area contributed by atoms with Gasteiger partial charge in [0, 0.05) is 32.8 Å². The molecule has 10 aromatic carbocycles. The van der Waals surface area contributed by atoms with Gasteiger partial charge in [0.15, 0.2) is 17.5 Å². The molecule has 0 aliphatic heterocycles. The van der Waals surface area contributed by atoms with Crippen molar-refractivity contribution < 1.29 is 0 Å².